The molecule has 3 rings (SSSR count). The van der Waals surface area contributed by atoms with Crippen LogP contribution in [0.5, 0.6) is 0 Å². The molecule has 1 aromatic rings. The topological polar surface area (TPSA) is 46.3 Å². The van der Waals surface area contributed by atoms with Gasteiger partial charge in [-0.25, -0.2) is 0 Å². The Hall–Kier alpha value is 0.0900. The number of carbonyl (C=O) groups is 1. The van der Waals surface area contributed by atoms with E-state index in [2.05, 4.69) is 31.9 Å². The quantitative estimate of drug-likeness (QED) is 0.774. The van der Waals surface area contributed by atoms with Crippen molar-refractivity contribution in [2.75, 3.05) is 13.1 Å². The summed E-state index contributed by atoms with van der Waals surface area (Å²) in [5.41, 5.74) is 6.03. The van der Waals surface area contributed by atoms with Gasteiger partial charge in [0, 0.05) is 23.6 Å². The van der Waals surface area contributed by atoms with Gasteiger partial charge >= 0.3 is 0 Å². The Balaban J connectivity index is 1.72. The fourth-order valence-corrected chi connectivity index (χ4v) is 5.24. The summed E-state index contributed by atoms with van der Waals surface area (Å²) in [5, 5.41) is 0. The number of fused-ring (bicyclic) bond motifs is 1. The maximum atomic E-state index is 12.5. The maximum absolute atomic E-state index is 12.5. The number of carbonyl (C=O) groups excluding carboxylic acids is 1. The second kappa shape index (κ2) is 5.47. The number of nitrogens with zero attached hydrogens (tertiary/aromatic N) is 1. The average Bonchev–Trinajstić information content (AvgIpc) is 2.92. The molecular formula is C13H16Br2N2OS. The van der Waals surface area contributed by atoms with Crippen LogP contribution in [0.15, 0.2) is 14.3 Å². The van der Waals surface area contributed by atoms with Gasteiger partial charge in [0.2, 0.25) is 0 Å². The predicted octanol–water partition coefficient (Wildman–Crippen LogP) is 3.47. The number of thiophene rings is 1. The van der Waals surface area contributed by atoms with Crippen LogP contribution in [0.4, 0.5) is 0 Å². The lowest BCUT2D eigenvalue weighted by Gasteiger charge is -2.27. The zero-order valence-corrected chi connectivity index (χ0v) is 14.4. The highest BCUT2D eigenvalue weighted by atomic mass is 79.9. The van der Waals surface area contributed by atoms with Gasteiger partial charge in [-0.3, -0.25) is 4.79 Å². The van der Waals surface area contributed by atoms with Crippen LogP contribution < -0.4 is 5.73 Å². The largest absolute Gasteiger partial charge is 0.337 e. The van der Waals surface area contributed by atoms with Crippen LogP contribution in [-0.4, -0.2) is 29.9 Å². The number of nitrogens with two attached hydrogens (primary N) is 1. The van der Waals surface area contributed by atoms with Crippen LogP contribution >= 0.6 is 43.2 Å². The number of hydrogen-bond donors (Lipinski definition) is 1. The third kappa shape index (κ3) is 2.77. The summed E-state index contributed by atoms with van der Waals surface area (Å²) in [6.07, 6.45) is 3.36. The summed E-state index contributed by atoms with van der Waals surface area (Å²) in [5.74, 6) is 1.44. The number of rotatable bonds is 1. The normalized spacial score (nSPS) is 30.5. The monoisotopic (exact) mass is 406 g/mol. The second-order valence-corrected chi connectivity index (χ2v) is 8.76. The van der Waals surface area contributed by atoms with E-state index in [0.717, 1.165) is 39.1 Å². The molecule has 0 aromatic carbocycles. The van der Waals surface area contributed by atoms with Crippen molar-refractivity contribution in [3.8, 4) is 0 Å². The van der Waals surface area contributed by atoms with Crippen LogP contribution in [0.25, 0.3) is 0 Å². The highest BCUT2D eigenvalue weighted by Gasteiger charge is 2.39. The van der Waals surface area contributed by atoms with Gasteiger partial charge in [-0.2, -0.15) is 0 Å². The minimum absolute atomic E-state index is 0.166. The molecule has 2 aliphatic rings. The molecule has 2 fully saturated rings. The Morgan fingerprint density at radius 3 is 2.74 bits per heavy atom. The zero-order valence-electron chi connectivity index (χ0n) is 10.4. The summed E-state index contributed by atoms with van der Waals surface area (Å²) < 4.78 is 1.94. The van der Waals surface area contributed by atoms with E-state index < -0.39 is 0 Å². The molecule has 2 heterocycles. The van der Waals surface area contributed by atoms with Crippen molar-refractivity contribution in [1.29, 1.82) is 0 Å². The molecule has 2 N–H and O–H groups in total. The molecule has 0 spiro atoms. The van der Waals surface area contributed by atoms with Gasteiger partial charge in [0.25, 0.3) is 5.91 Å². The molecule has 1 amide bonds. The van der Waals surface area contributed by atoms with Gasteiger partial charge in [-0.1, -0.05) is 0 Å². The lowest BCUT2D eigenvalue weighted by molar-refractivity contribution is 0.0788. The molecule has 1 saturated heterocycles. The Morgan fingerprint density at radius 2 is 2.05 bits per heavy atom. The maximum Gasteiger partial charge on any atom is 0.264 e. The van der Waals surface area contributed by atoms with Crippen molar-refractivity contribution in [2.45, 2.75) is 25.3 Å². The van der Waals surface area contributed by atoms with Crippen LogP contribution in [0.3, 0.4) is 0 Å². The third-order valence-electron chi connectivity index (χ3n) is 4.23. The van der Waals surface area contributed by atoms with Gasteiger partial charge in [-0.05, 0) is 69.0 Å². The van der Waals surface area contributed by atoms with Gasteiger partial charge in [-0.15, -0.1) is 11.3 Å². The summed E-state index contributed by atoms with van der Waals surface area (Å²) in [6.45, 7) is 1.79. The van der Waals surface area contributed by atoms with E-state index in [1.54, 1.807) is 0 Å². The molecule has 1 saturated carbocycles. The van der Waals surface area contributed by atoms with E-state index in [1.807, 2.05) is 11.0 Å². The van der Waals surface area contributed by atoms with Gasteiger partial charge in [0.15, 0.2) is 0 Å². The fraction of sp³-hybridized carbons (Fsp3) is 0.615. The fourth-order valence-electron chi connectivity index (χ4n) is 3.24. The summed E-state index contributed by atoms with van der Waals surface area (Å²) >= 11 is 8.38. The first kappa shape index (κ1) is 14.0. The van der Waals surface area contributed by atoms with Crippen molar-refractivity contribution < 1.29 is 4.79 Å². The van der Waals surface area contributed by atoms with E-state index in [4.69, 9.17) is 5.73 Å². The zero-order chi connectivity index (χ0) is 13.6. The van der Waals surface area contributed by atoms with Crippen LogP contribution in [-0.2, 0) is 0 Å². The summed E-state index contributed by atoms with van der Waals surface area (Å²) in [4.78, 5) is 15.3. The SMILES string of the molecule is NC1CC[C@@H]2CN(C(=O)c3cc(Br)c(Br)s3)C[C@@H]2C1. The summed E-state index contributed by atoms with van der Waals surface area (Å²) in [6, 6.07) is 2.24. The molecule has 1 aliphatic carbocycles. The van der Waals surface area contributed by atoms with E-state index in [0.29, 0.717) is 17.9 Å². The van der Waals surface area contributed by atoms with Crippen molar-refractivity contribution in [3.63, 3.8) is 0 Å². The van der Waals surface area contributed by atoms with Gasteiger partial charge in [0.1, 0.15) is 0 Å². The molecule has 6 heteroatoms. The van der Waals surface area contributed by atoms with E-state index in [9.17, 15) is 4.79 Å². The standard InChI is InChI=1S/C13H16Br2N2OS/c14-10-4-11(19-12(10)15)13(18)17-5-7-1-2-9(16)3-8(7)6-17/h4,7-9H,1-3,5-6,16H2/t7-,8+,9?/m1/s1. The molecule has 1 unspecified atom stereocenters. The molecule has 1 aliphatic heterocycles. The first-order chi connectivity index (χ1) is 9.04. The number of halogens is 2. The molecule has 104 valence electrons. The average molecular weight is 408 g/mol. The molecule has 19 heavy (non-hydrogen) atoms. The second-order valence-electron chi connectivity index (χ2n) is 5.54. The molecule has 0 bridgehead atoms. The van der Waals surface area contributed by atoms with Crippen LogP contribution in [0, 0.1) is 11.8 Å². The van der Waals surface area contributed by atoms with Gasteiger partial charge < -0.3 is 10.6 Å². The molecular weight excluding hydrogens is 392 g/mol. The molecule has 1 aromatic heterocycles. The Morgan fingerprint density at radius 1 is 1.32 bits per heavy atom. The highest BCUT2D eigenvalue weighted by molar-refractivity contribution is 9.13. The molecule has 0 radical (unpaired) electrons. The van der Waals surface area contributed by atoms with Crippen LogP contribution in [0.1, 0.15) is 28.9 Å². The van der Waals surface area contributed by atoms with Crippen molar-refractivity contribution in [1.82, 2.24) is 4.90 Å². The van der Waals surface area contributed by atoms with Gasteiger partial charge in [0.05, 0.1) is 8.66 Å². The Kier molecular flexibility index (Phi) is 4.04. The minimum atomic E-state index is 0.166. The predicted molar refractivity (Wildman–Crippen MR) is 84.4 cm³/mol. The summed E-state index contributed by atoms with van der Waals surface area (Å²) in [7, 11) is 0. The highest BCUT2D eigenvalue weighted by Crippen LogP contribution is 2.38. The Labute approximate surface area is 133 Å². The first-order valence-electron chi connectivity index (χ1n) is 6.54. The number of amides is 1. The third-order valence-corrected chi connectivity index (χ3v) is 7.48. The van der Waals surface area contributed by atoms with E-state index in [-0.39, 0.29) is 5.91 Å². The smallest absolute Gasteiger partial charge is 0.264 e. The number of hydrogen-bond acceptors (Lipinski definition) is 3. The lowest BCUT2D eigenvalue weighted by Crippen LogP contribution is -2.32. The first-order valence-corrected chi connectivity index (χ1v) is 8.94. The van der Waals surface area contributed by atoms with E-state index in [1.165, 1.54) is 17.8 Å². The molecule has 3 atom stereocenters. The van der Waals surface area contributed by atoms with E-state index >= 15 is 0 Å². The lowest BCUT2D eigenvalue weighted by atomic mass is 9.79. The van der Waals surface area contributed by atoms with Crippen molar-refractivity contribution in [2.24, 2.45) is 17.6 Å². The van der Waals surface area contributed by atoms with Crippen molar-refractivity contribution >= 4 is 49.1 Å². The Bertz CT molecular complexity index is 485. The molecule has 3 nitrogen and oxygen atoms in total. The van der Waals surface area contributed by atoms with Crippen molar-refractivity contribution in [3.05, 3.63) is 19.2 Å². The minimum Gasteiger partial charge on any atom is -0.337 e. The number of likely N-dealkylation sites (tertiary alicyclic amines) is 1. The van der Waals surface area contributed by atoms with Crippen LogP contribution in [0.2, 0.25) is 0 Å².